The van der Waals surface area contributed by atoms with Crippen LogP contribution in [-0.2, 0) is 11.2 Å². The number of methoxy groups -OCH3 is 1. The summed E-state index contributed by atoms with van der Waals surface area (Å²) < 4.78 is 12.0. The molecule has 0 atom stereocenters. The first-order valence-corrected chi connectivity index (χ1v) is 10.4. The van der Waals surface area contributed by atoms with Crippen molar-refractivity contribution in [2.45, 2.75) is 45.6 Å². The molecule has 2 aromatic carbocycles. The molecule has 7 heteroatoms. The number of ether oxygens (including phenoxy) is 2. The number of hydrogen-bond acceptors (Lipinski definition) is 4. The number of aryl methyl sites for hydroxylation is 1. The van der Waals surface area contributed by atoms with E-state index in [0.717, 1.165) is 23.7 Å². The SMILES string of the molecule is COc1cc(C(=O)NNC(=O)CCCCc2ccc(Br)cc2)ccc1OC(C)C. The van der Waals surface area contributed by atoms with Gasteiger partial charge in [-0.3, -0.25) is 20.4 Å². The van der Waals surface area contributed by atoms with Crippen molar-refractivity contribution in [2.75, 3.05) is 7.11 Å². The molecule has 2 amide bonds. The van der Waals surface area contributed by atoms with Crippen LogP contribution in [-0.4, -0.2) is 25.0 Å². The van der Waals surface area contributed by atoms with E-state index in [-0.39, 0.29) is 12.0 Å². The lowest BCUT2D eigenvalue weighted by atomic mass is 10.1. The molecule has 0 aliphatic carbocycles. The molecule has 2 rings (SSSR count). The van der Waals surface area contributed by atoms with Crippen LogP contribution in [0.4, 0.5) is 0 Å². The summed E-state index contributed by atoms with van der Waals surface area (Å²) in [5.74, 6) is 0.392. The maximum Gasteiger partial charge on any atom is 0.269 e. The fraction of sp³-hybridized carbons (Fsp3) is 0.364. The van der Waals surface area contributed by atoms with Crippen LogP contribution >= 0.6 is 15.9 Å². The van der Waals surface area contributed by atoms with Crippen LogP contribution in [0.25, 0.3) is 0 Å². The lowest BCUT2D eigenvalue weighted by Crippen LogP contribution is -2.41. The number of hydrazine groups is 1. The summed E-state index contributed by atoms with van der Waals surface area (Å²) in [6, 6.07) is 13.0. The molecule has 0 aliphatic heterocycles. The summed E-state index contributed by atoms with van der Waals surface area (Å²) in [7, 11) is 1.51. The third-order valence-corrected chi connectivity index (χ3v) is 4.67. The molecule has 6 nitrogen and oxygen atoms in total. The summed E-state index contributed by atoms with van der Waals surface area (Å²) in [4.78, 5) is 24.2. The number of unbranched alkanes of at least 4 members (excludes halogenated alkanes) is 1. The topological polar surface area (TPSA) is 76.7 Å². The van der Waals surface area contributed by atoms with Crippen LogP contribution in [0.1, 0.15) is 49.0 Å². The minimum Gasteiger partial charge on any atom is -0.493 e. The molecular weight excluding hydrogens is 436 g/mol. The third-order valence-electron chi connectivity index (χ3n) is 4.14. The monoisotopic (exact) mass is 462 g/mol. The smallest absolute Gasteiger partial charge is 0.269 e. The molecule has 0 radical (unpaired) electrons. The lowest BCUT2D eigenvalue weighted by molar-refractivity contribution is -0.121. The summed E-state index contributed by atoms with van der Waals surface area (Å²) in [5, 5.41) is 0. The van der Waals surface area contributed by atoms with E-state index < -0.39 is 5.91 Å². The fourth-order valence-electron chi connectivity index (χ4n) is 2.69. The van der Waals surface area contributed by atoms with Gasteiger partial charge in [0, 0.05) is 16.5 Å². The Balaban J connectivity index is 1.75. The predicted molar refractivity (Wildman–Crippen MR) is 116 cm³/mol. The van der Waals surface area contributed by atoms with Gasteiger partial charge in [-0.25, -0.2) is 0 Å². The van der Waals surface area contributed by atoms with Crippen molar-refractivity contribution in [3.63, 3.8) is 0 Å². The highest BCUT2D eigenvalue weighted by Crippen LogP contribution is 2.28. The number of rotatable bonds is 9. The predicted octanol–water partition coefficient (Wildman–Crippen LogP) is 4.42. The first kappa shape index (κ1) is 22.7. The Morgan fingerprint density at radius 1 is 1.00 bits per heavy atom. The van der Waals surface area contributed by atoms with E-state index in [1.807, 2.05) is 26.0 Å². The number of carbonyl (C=O) groups excluding carboxylic acids is 2. The number of amides is 2. The molecule has 0 bridgehead atoms. The van der Waals surface area contributed by atoms with Gasteiger partial charge in [-0.15, -0.1) is 0 Å². The zero-order valence-corrected chi connectivity index (χ0v) is 18.5. The Bertz CT molecular complexity index is 822. The van der Waals surface area contributed by atoms with Gasteiger partial charge >= 0.3 is 0 Å². The van der Waals surface area contributed by atoms with Gasteiger partial charge in [0.2, 0.25) is 5.91 Å². The molecule has 0 saturated heterocycles. The Kier molecular flexibility index (Phi) is 8.99. The highest BCUT2D eigenvalue weighted by Gasteiger charge is 2.13. The molecule has 156 valence electrons. The molecule has 29 heavy (non-hydrogen) atoms. The van der Waals surface area contributed by atoms with Gasteiger partial charge in [0.1, 0.15) is 0 Å². The van der Waals surface area contributed by atoms with E-state index >= 15 is 0 Å². The molecular formula is C22H27BrN2O4. The second kappa shape index (κ2) is 11.5. The quantitative estimate of drug-likeness (QED) is 0.427. The first-order valence-electron chi connectivity index (χ1n) is 9.57. The molecule has 0 unspecified atom stereocenters. The van der Waals surface area contributed by atoms with E-state index in [1.165, 1.54) is 12.7 Å². The molecule has 0 aliphatic rings. The maximum atomic E-state index is 12.3. The normalized spacial score (nSPS) is 10.5. The number of hydrogen-bond donors (Lipinski definition) is 2. The zero-order valence-electron chi connectivity index (χ0n) is 17.0. The number of halogens is 1. The van der Waals surface area contributed by atoms with Crippen molar-refractivity contribution in [1.82, 2.24) is 10.9 Å². The molecule has 0 saturated carbocycles. The summed E-state index contributed by atoms with van der Waals surface area (Å²) in [5.41, 5.74) is 6.50. The number of benzene rings is 2. The fourth-order valence-corrected chi connectivity index (χ4v) is 2.95. The minimum absolute atomic E-state index is 0.00775. The van der Waals surface area contributed by atoms with Crippen molar-refractivity contribution >= 4 is 27.7 Å². The van der Waals surface area contributed by atoms with Crippen molar-refractivity contribution in [3.8, 4) is 11.5 Å². The highest BCUT2D eigenvalue weighted by atomic mass is 79.9. The summed E-state index contributed by atoms with van der Waals surface area (Å²) in [6.45, 7) is 3.82. The van der Waals surface area contributed by atoms with Crippen molar-refractivity contribution in [2.24, 2.45) is 0 Å². The van der Waals surface area contributed by atoms with Gasteiger partial charge in [-0.2, -0.15) is 0 Å². The lowest BCUT2D eigenvalue weighted by Gasteiger charge is -2.14. The van der Waals surface area contributed by atoms with Crippen LogP contribution in [0.15, 0.2) is 46.9 Å². The van der Waals surface area contributed by atoms with Crippen molar-refractivity contribution in [1.29, 1.82) is 0 Å². The van der Waals surface area contributed by atoms with Gasteiger partial charge in [-0.05, 0) is 69.0 Å². The summed E-state index contributed by atoms with van der Waals surface area (Å²) in [6.07, 6.45) is 2.90. The molecule has 2 N–H and O–H groups in total. The van der Waals surface area contributed by atoms with Crippen LogP contribution in [0.3, 0.4) is 0 Å². The van der Waals surface area contributed by atoms with E-state index in [2.05, 4.69) is 38.9 Å². The largest absolute Gasteiger partial charge is 0.493 e. The van der Waals surface area contributed by atoms with Gasteiger partial charge in [0.25, 0.3) is 5.91 Å². The van der Waals surface area contributed by atoms with Crippen LogP contribution < -0.4 is 20.3 Å². The molecule has 0 fully saturated rings. The minimum atomic E-state index is -0.414. The number of nitrogens with one attached hydrogen (secondary N) is 2. The second-order valence-corrected chi connectivity index (χ2v) is 7.78. The second-order valence-electron chi connectivity index (χ2n) is 6.87. The molecule has 0 spiro atoms. The highest BCUT2D eigenvalue weighted by molar-refractivity contribution is 9.10. The Labute approximate surface area is 180 Å². The molecule has 0 heterocycles. The molecule has 2 aromatic rings. The van der Waals surface area contributed by atoms with E-state index in [0.29, 0.717) is 23.5 Å². The standard InChI is InChI=1S/C22H27BrN2O4/c1-15(2)29-19-13-10-17(14-20(19)28-3)22(27)25-24-21(26)7-5-4-6-16-8-11-18(23)12-9-16/h8-15H,4-7H2,1-3H3,(H,24,26)(H,25,27). The Morgan fingerprint density at radius 3 is 2.38 bits per heavy atom. The van der Waals surface area contributed by atoms with E-state index in [1.54, 1.807) is 18.2 Å². The van der Waals surface area contributed by atoms with Gasteiger partial charge in [0.15, 0.2) is 11.5 Å². The zero-order chi connectivity index (χ0) is 21.2. The molecule has 0 aromatic heterocycles. The van der Waals surface area contributed by atoms with Gasteiger partial charge < -0.3 is 9.47 Å². The van der Waals surface area contributed by atoms with Crippen LogP contribution in [0.2, 0.25) is 0 Å². The Hall–Kier alpha value is -2.54. The average Bonchev–Trinajstić information content (AvgIpc) is 2.70. The van der Waals surface area contributed by atoms with Crippen LogP contribution in [0.5, 0.6) is 11.5 Å². The van der Waals surface area contributed by atoms with Gasteiger partial charge in [-0.1, -0.05) is 28.1 Å². The summed E-state index contributed by atoms with van der Waals surface area (Å²) >= 11 is 3.41. The van der Waals surface area contributed by atoms with E-state index in [9.17, 15) is 9.59 Å². The maximum absolute atomic E-state index is 12.3. The average molecular weight is 463 g/mol. The van der Waals surface area contributed by atoms with E-state index in [4.69, 9.17) is 9.47 Å². The van der Waals surface area contributed by atoms with Crippen molar-refractivity contribution < 1.29 is 19.1 Å². The van der Waals surface area contributed by atoms with Crippen LogP contribution in [0, 0.1) is 0 Å². The Morgan fingerprint density at radius 2 is 1.72 bits per heavy atom. The number of carbonyl (C=O) groups is 2. The van der Waals surface area contributed by atoms with Crippen molar-refractivity contribution in [3.05, 3.63) is 58.1 Å². The first-order chi connectivity index (χ1) is 13.9. The van der Waals surface area contributed by atoms with Gasteiger partial charge in [0.05, 0.1) is 13.2 Å². The third kappa shape index (κ3) is 7.77.